The number of hydrogen-bond donors (Lipinski definition) is 0. The Kier molecular flexibility index (Phi) is 3.00. The van der Waals surface area contributed by atoms with Gasteiger partial charge in [0, 0.05) is 10.9 Å². The summed E-state index contributed by atoms with van der Waals surface area (Å²) in [5, 5.41) is 2.70. The first kappa shape index (κ1) is 12.2. The maximum atomic E-state index is 6.28. The molecule has 0 aliphatic carbocycles. The van der Waals surface area contributed by atoms with Crippen LogP contribution >= 0.6 is 11.6 Å². The fourth-order valence-corrected chi connectivity index (χ4v) is 2.47. The van der Waals surface area contributed by atoms with E-state index in [-0.39, 0.29) is 0 Å². The average molecular weight is 268 g/mol. The highest BCUT2D eigenvalue weighted by atomic mass is 35.5. The lowest BCUT2D eigenvalue weighted by molar-refractivity contribution is 1.34. The highest BCUT2D eigenvalue weighted by Gasteiger charge is 2.06. The number of hydrogen-bond acceptors (Lipinski definition) is 1. The molecule has 0 N–H and O–H groups in total. The Labute approximate surface area is 117 Å². The van der Waals surface area contributed by atoms with Gasteiger partial charge in [-0.1, -0.05) is 65.2 Å². The molecule has 94 valence electrons. The van der Waals surface area contributed by atoms with E-state index in [1.165, 1.54) is 11.1 Å². The second-order valence-corrected chi connectivity index (χ2v) is 5.25. The van der Waals surface area contributed by atoms with Crippen LogP contribution in [0.3, 0.4) is 0 Å². The molecule has 0 unspecified atom stereocenters. The van der Waals surface area contributed by atoms with Crippen LogP contribution in [0.4, 0.5) is 0 Å². The van der Waals surface area contributed by atoms with Gasteiger partial charge in [0.25, 0.3) is 0 Å². The second kappa shape index (κ2) is 4.67. The first-order chi connectivity index (χ1) is 9.13. The zero-order valence-electron chi connectivity index (χ0n) is 10.9. The van der Waals surface area contributed by atoms with Crippen molar-refractivity contribution in [3.8, 4) is 11.3 Å². The zero-order valence-corrected chi connectivity index (χ0v) is 11.7. The van der Waals surface area contributed by atoms with Crippen LogP contribution in [0.5, 0.6) is 0 Å². The molecular formula is C17H14ClN. The van der Waals surface area contributed by atoms with Gasteiger partial charge in [-0.25, -0.2) is 4.98 Å². The second-order valence-electron chi connectivity index (χ2n) is 4.89. The monoisotopic (exact) mass is 267 g/mol. The summed E-state index contributed by atoms with van der Waals surface area (Å²) in [7, 11) is 0. The predicted octanol–water partition coefficient (Wildman–Crippen LogP) is 5.17. The van der Waals surface area contributed by atoms with Gasteiger partial charge in [-0.3, -0.25) is 0 Å². The molecule has 1 aromatic heterocycles. The average Bonchev–Trinajstić information content (AvgIpc) is 2.38. The summed E-state index contributed by atoms with van der Waals surface area (Å²) in [4.78, 5) is 4.50. The van der Waals surface area contributed by atoms with Crippen molar-refractivity contribution in [3.63, 3.8) is 0 Å². The summed E-state index contributed by atoms with van der Waals surface area (Å²) in [6.45, 7) is 4.16. The van der Waals surface area contributed by atoms with Gasteiger partial charge in [0.2, 0.25) is 0 Å². The Bertz CT molecular complexity index is 745. The van der Waals surface area contributed by atoms with Crippen molar-refractivity contribution < 1.29 is 0 Å². The highest BCUT2D eigenvalue weighted by Crippen LogP contribution is 2.28. The van der Waals surface area contributed by atoms with Gasteiger partial charge in [0.15, 0.2) is 0 Å². The smallest absolute Gasteiger partial charge is 0.137 e. The van der Waals surface area contributed by atoms with Crippen LogP contribution in [0.1, 0.15) is 11.1 Å². The Balaban J connectivity index is 2.22. The van der Waals surface area contributed by atoms with E-state index in [2.05, 4.69) is 61.3 Å². The van der Waals surface area contributed by atoms with E-state index in [0.29, 0.717) is 5.15 Å². The van der Waals surface area contributed by atoms with Crippen LogP contribution in [0.2, 0.25) is 5.15 Å². The van der Waals surface area contributed by atoms with Crippen LogP contribution in [-0.2, 0) is 0 Å². The van der Waals surface area contributed by atoms with E-state index < -0.39 is 0 Å². The number of aromatic nitrogens is 1. The van der Waals surface area contributed by atoms with Crippen molar-refractivity contribution in [2.45, 2.75) is 13.8 Å². The molecule has 0 atom stereocenters. The molecule has 0 aliphatic rings. The third-order valence-electron chi connectivity index (χ3n) is 3.29. The molecule has 0 spiro atoms. The Hall–Kier alpha value is -1.86. The quantitative estimate of drug-likeness (QED) is 0.554. The first-order valence-electron chi connectivity index (χ1n) is 6.27. The van der Waals surface area contributed by atoms with E-state index in [1.807, 2.05) is 6.07 Å². The van der Waals surface area contributed by atoms with Gasteiger partial charge in [-0.15, -0.1) is 0 Å². The van der Waals surface area contributed by atoms with E-state index in [9.17, 15) is 0 Å². The molecule has 1 nitrogen and oxygen atoms in total. The predicted molar refractivity (Wildman–Crippen MR) is 81.7 cm³/mol. The van der Waals surface area contributed by atoms with Crippen LogP contribution in [-0.4, -0.2) is 4.98 Å². The van der Waals surface area contributed by atoms with Crippen LogP contribution in [0.15, 0.2) is 48.5 Å². The lowest BCUT2D eigenvalue weighted by Crippen LogP contribution is -1.87. The van der Waals surface area contributed by atoms with Crippen molar-refractivity contribution in [2.24, 2.45) is 0 Å². The fourth-order valence-electron chi connectivity index (χ4n) is 2.21. The molecular weight excluding hydrogens is 254 g/mol. The maximum absolute atomic E-state index is 6.28. The van der Waals surface area contributed by atoms with E-state index in [1.54, 1.807) is 0 Å². The summed E-state index contributed by atoms with van der Waals surface area (Å²) in [5.41, 5.74) is 4.48. The van der Waals surface area contributed by atoms with E-state index in [4.69, 9.17) is 11.6 Å². The van der Waals surface area contributed by atoms with Gasteiger partial charge in [0.05, 0.1) is 5.69 Å². The topological polar surface area (TPSA) is 12.9 Å². The molecule has 2 heteroatoms. The third-order valence-corrected chi connectivity index (χ3v) is 3.58. The van der Waals surface area contributed by atoms with Gasteiger partial charge >= 0.3 is 0 Å². The molecule has 3 rings (SSSR count). The minimum Gasteiger partial charge on any atom is -0.235 e. The molecule has 3 aromatic rings. The molecule has 2 aromatic carbocycles. The van der Waals surface area contributed by atoms with Crippen molar-refractivity contribution in [1.82, 2.24) is 4.98 Å². The Morgan fingerprint density at radius 3 is 2.26 bits per heavy atom. The van der Waals surface area contributed by atoms with Crippen molar-refractivity contribution >= 4 is 22.4 Å². The largest absolute Gasteiger partial charge is 0.235 e. The van der Waals surface area contributed by atoms with Crippen LogP contribution < -0.4 is 0 Å². The van der Waals surface area contributed by atoms with Gasteiger partial charge in [-0.2, -0.15) is 0 Å². The summed E-state index contributed by atoms with van der Waals surface area (Å²) in [6.07, 6.45) is 0. The van der Waals surface area contributed by atoms with Crippen molar-refractivity contribution in [2.75, 3.05) is 0 Å². The number of aryl methyl sites for hydroxylation is 2. The molecule has 0 radical (unpaired) electrons. The molecule has 19 heavy (non-hydrogen) atoms. The fraction of sp³-hybridized carbons (Fsp3) is 0.118. The van der Waals surface area contributed by atoms with E-state index in [0.717, 1.165) is 22.0 Å². The summed E-state index contributed by atoms with van der Waals surface area (Å²) >= 11 is 6.28. The minimum absolute atomic E-state index is 0.563. The van der Waals surface area contributed by atoms with E-state index >= 15 is 0 Å². The lowest BCUT2D eigenvalue weighted by Gasteiger charge is -2.06. The molecule has 1 heterocycles. The molecule has 0 bridgehead atoms. The van der Waals surface area contributed by atoms with Gasteiger partial charge in [0.1, 0.15) is 5.15 Å². The number of rotatable bonds is 1. The van der Waals surface area contributed by atoms with Crippen LogP contribution in [0.25, 0.3) is 22.0 Å². The zero-order chi connectivity index (χ0) is 13.4. The normalized spacial score (nSPS) is 10.9. The van der Waals surface area contributed by atoms with Gasteiger partial charge < -0.3 is 0 Å². The molecule has 0 aliphatic heterocycles. The van der Waals surface area contributed by atoms with Crippen molar-refractivity contribution in [1.29, 1.82) is 0 Å². The SMILES string of the molecule is Cc1ccc(-c2cc3cc(C)ccc3c(Cl)n2)cc1. The number of benzene rings is 2. The number of pyridine rings is 1. The minimum atomic E-state index is 0.563. The maximum Gasteiger partial charge on any atom is 0.137 e. The number of fused-ring (bicyclic) bond motifs is 1. The highest BCUT2D eigenvalue weighted by molar-refractivity contribution is 6.34. The number of halogens is 1. The molecule has 0 saturated heterocycles. The summed E-state index contributed by atoms with van der Waals surface area (Å²) in [6, 6.07) is 16.7. The van der Waals surface area contributed by atoms with Crippen LogP contribution in [0, 0.1) is 13.8 Å². The molecule has 0 fully saturated rings. The third kappa shape index (κ3) is 2.34. The summed E-state index contributed by atoms with van der Waals surface area (Å²) in [5.74, 6) is 0. The lowest BCUT2D eigenvalue weighted by atomic mass is 10.0. The Morgan fingerprint density at radius 1 is 0.842 bits per heavy atom. The summed E-state index contributed by atoms with van der Waals surface area (Å²) < 4.78 is 0. The van der Waals surface area contributed by atoms with Gasteiger partial charge in [-0.05, 0) is 25.3 Å². The van der Waals surface area contributed by atoms with Crippen molar-refractivity contribution in [3.05, 3.63) is 64.8 Å². The standard InChI is InChI=1S/C17H14ClN/c1-11-3-6-13(7-4-11)16-10-14-9-12(2)5-8-15(14)17(18)19-16/h3-10H,1-2H3. The first-order valence-corrected chi connectivity index (χ1v) is 6.65. The Morgan fingerprint density at radius 2 is 1.53 bits per heavy atom. The number of nitrogens with zero attached hydrogens (tertiary/aromatic N) is 1. The molecule has 0 saturated carbocycles. The molecule has 0 amide bonds.